The van der Waals surface area contributed by atoms with Crippen LogP contribution in [-0.4, -0.2) is 45.8 Å². The molecule has 0 saturated heterocycles. The Morgan fingerprint density at radius 2 is 1.83 bits per heavy atom. The van der Waals surface area contributed by atoms with Gasteiger partial charge in [0.1, 0.15) is 0 Å². The Morgan fingerprint density at radius 3 is 2.48 bits per heavy atom. The van der Waals surface area contributed by atoms with Crippen molar-refractivity contribution in [1.29, 1.82) is 0 Å². The molecule has 1 aliphatic heterocycles. The van der Waals surface area contributed by atoms with Gasteiger partial charge in [-0.15, -0.1) is 0 Å². The van der Waals surface area contributed by atoms with Crippen LogP contribution in [0.25, 0.3) is 0 Å². The number of fused-ring (bicyclic) bond motifs is 1. The van der Waals surface area contributed by atoms with Crippen LogP contribution in [-0.2, 0) is 16.1 Å². The number of aliphatic carboxylic acids is 1. The van der Waals surface area contributed by atoms with E-state index in [0.29, 0.717) is 6.54 Å². The first-order valence-electron chi connectivity index (χ1n) is 8.98. The Bertz CT molecular complexity index is 957. The largest absolute Gasteiger partial charge is 0.481 e. The van der Waals surface area contributed by atoms with E-state index in [4.69, 9.17) is 0 Å². The summed E-state index contributed by atoms with van der Waals surface area (Å²) in [5.41, 5.74) is 1.65. The summed E-state index contributed by atoms with van der Waals surface area (Å²) in [4.78, 5) is 47.8. The van der Waals surface area contributed by atoms with Gasteiger partial charge in [0.15, 0.2) is 0 Å². The van der Waals surface area contributed by atoms with Crippen molar-refractivity contribution in [3.8, 4) is 0 Å². The maximum Gasteiger partial charge on any atom is 0.312 e. The summed E-state index contributed by atoms with van der Waals surface area (Å²) in [6, 6.07) is 12.3. The fraction of sp³-hybridized carbons (Fsp3) is 0.250. The Hall–Kier alpha value is -3.75. The third-order valence-electron chi connectivity index (χ3n) is 4.81. The number of benzene rings is 2. The van der Waals surface area contributed by atoms with Crippen molar-refractivity contribution in [2.45, 2.75) is 18.9 Å². The number of nitro benzene ring substituents is 1. The third kappa shape index (κ3) is 4.57. The highest BCUT2D eigenvalue weighted by Gasteiger charge is 2.32. The second-order valence-electron chi connectivity index (χ2n) is 6.67. The predicted octanol–water partition coefficient (Wildman–Crippen LogP) is 1.93. The molecule has 150 valence electrons. The lowest BCUT2D eigenvalue weighted by atomic mass is 9.89. The Labute approximate surface area is 166 Å². The molecule has 0 bridgehead atoms. The summed E-state index contributed by atoms with van der Waals surface area (Å²) in [7, 11) is 0. The predicted molar refractivity (Wildman–Crippen MR) is 102 cm³/mol. The van der Waals surface area contributed by atoms with Crippen LogP contribution in [0.4, 0.5) is 5.69 Å². The first-order chi connectivity index (χ1) is 13.9. The SMILES string of the molecule is O=C(NCCC(=O)N1Cc2ccccc2C(C(=O)O)C1)c1ccc([N+](=O)[O-])cc1. The van der Waals surface area contributed by atoms with E-state index in [2.05, 4.69) is 5.32 Å². The van der Waals surface area contributed by atoms with Crippen LogP contribution in [0.3, 0.4) is 0 Å². The molecule has 1 heterocycles. The minimum atomic E-state index is -0.985. The van der Waals surface area contributed by atoms with E-state index < -0.39 is 22.7 Å². The Balaban J connectivity index is 1.56. The zero-order valence-corrected chi connectivity index (χ0v) is 15.4. The molecule has 29 heavy (non-hydrogen) atoms. The molecule has 0 aromatic heterocycles. The zero-order chi connectivity index (χ0) is 21.0. The van der Waals surface area contributed by atoms with Crippen LogP contribution >= 0.6 is 0 Å². The second-order valence-corrected chi connectivity index (χ2v) is 6.67. The van der Waals surface area contributed by atoms with Crippen LogP contribution in [0.5, 0.6) is 0 Å². The van der Waals surface area contributed by atoms with Crippen molar-refractivity contribution >= 4 is 23.5 Å². The lowest BCUT2D eigenvalue weighted by Gasteiger charge is -2.33. The van der Waals surface area contributed by atoms with Gasteiger partial charge in [-0.05, 0) is 23.3 Å². The maximum absolute atomic E-state index is 12.5. The monoisotopic (exact) mass is 397 g/mol. The van der Waals surface area contributed by atoms with Crippen LogP contribution in [0, 0.1) is 10.1 Å². The normalized spacial score (nSPS) is 15.3. The van der Waals surface area contributed by atoms with E-state index in [0.717, 1.165) is 11.1 Å². The second kappa shape index (κ2) is 8.51. The highest BCUT2D eigenvalue weighted by molar-refractivity contribution is 5.94. The molecular formula is C20H19N3O6. The summed E-state index contributed by atoms with van der Waals surface area (Å²) >= 11 is 0. The molecule has 2 N–H and O–H groups in total. The molecule has 0 fully saturated rings. The fourth-order valence-electron chi connectivity index (χ4n) is 3.29. The first-order valence-corrected chi connectivity index (χ1v) is 8.98. The Kier molecular flexibility index (Phi) is 5.87. The molecule has 0 aliphatic carbocycles. The number of hydrogen-bond donors (Lipinski definition) is 2. The topological polar surface area (TPSA) is 130 Å². The molecule has 0 spiro atoms. The highest BCUT2D eigenvalue weighted by atomic mass is 16.6. The summed E-state index contributed by atoms with van der Waals surface area (Å²) in [5.74, 6) is -2.46. The number of carboxylic acid groups (broad SMARTS) is 1. The molecule has 1 aliphatic rings. The minimum Gasteiger partial charge on any atom is -0.481 e. The molecule has 2 aromatic rings. The number of carbonyl (C=O) groups excluding carboxylic acids is 2. The van der Waals surface area contributed by atoms with Gasteiger partial charge < -0.3 is 15.3 Å². The van der Waals surface area contributed by atoms with Crippen LogP contribution in [0.15, 0.2) is 48.5 Å². The molecule has 3 rings (SSSR count). The molecule has 0 radical (unpaired) electrons. The van der Waals surface area contributed by atoms with Gasteiger partial charge in [-0.2, -0.15) is 0 Å². The van der Waals surface area contributed by atoms with E-state index >= 15 is 0 Å². The van der Waals surface area contributed by atoms with E-state index in [1.165, 1.54) is 29.2 Å². The molecular weight excluding hydrogens is 378 g/mol. The average molecular weight is 397 g/mol. The van der Waals surface area contributed by atoms with E-state index in [1.807, 2.05) is 0 Å². The van der Waals surface area contributed by atoms with Crippen molar-refractivity contribution in [3.05, 3.63) is 75.3 Å². The number of carbonyl (C=O) groups is 3. The van der Waals surface area contributed by atoms with E-state index in [1.54, 1.807) is 24.3 Å². The number of non-ortho nitro benzene ring substituents is 1. The van der Waals surface area contributed by atoms with Gasteiger partial charge in [0.2, 0.25) is 5.91 Å². The number of rotatable bonds is 6. The van der Waals surface area contributed by atoms with Crippen molar-refractivity contribution in [2.75, 3.05) is 13.1 Å². The minimum absolute atomic E-state index is 0.0211. The lowest BCUT2D eigenvalue weighted by Crippen LogP contribution is -2.41. The Morgan fingerprint density at radius 1 is 1.14 bits per heavy atom. The smallest absolute Gasteiger partial charge is 0.312 e. The number of carboxylic acids is 1. The van der Waals surface area contributed by atoms with E-state index in [9.17, 15) is 29.6 Å². The van der Waals surface area contributed by atoms with Gasteiger partial charge >= 0.3 is 5.97 Å². The molecule has 9 nitrogen and oxygen atoms in total. The molecule has 2 amide bonds. The molecule has 2 aromatic carbocycles. The summed E-state index contributed by atoms with van der Waals surface area (Å²) in [5, 5.41) is 22.7. The van der Waals surface area contributed by atoms with Crippen molar-refractivity contribution in [1.82, 2.24) is 10.2 Å². The summed E-state index contributed by atoms with van der Waals surface area (Å²) in [6.07, 6.45) is 0.0211. The summed E-state index contributed by atoms with van der Waals surface area (Å²) < 4.78 is 0. The van der Waals surface area contributed by atoms with Gasteiger partial charge in [0.05, 0.1) is 10.8 Å². The number of nitro groups is 1. The van der Waals surface area contributed by atoms with Gasteiger partial charge in [-0.25, -0.2) is 0 Å². The van der Waals surface area contributed by atoms with Crippen LogP contribution in [0.2, 0.25) is 0 Å². The first kappa shape index (κ1) is 20.0. The van der Waals surface area contributed by atoms with Gasteiger partial charge in [-0.1, -0.05) is 24.3 Å². The standard InChI is InChI=1S/C20H19N3O6/c24-18(9-10-21-19(25)13-5-7-15(8-6-13)23(28)29)22-11-14-3-1-2-4-16(14)17(12-22)20(26)27/h1-8,17H,9-12H2,(H,21,25)(H,26,27). The number of nitrogens with one attached hydrogen (secondary N) is 1. The van der Waals surface area contributed by atoms with Crippen molar-refractivity contribution in [2.24, 2.45) is 0 Å². The van der Waals surface area contributed by atoms with Gasteiger partial charge in [-0.3, -0.25) is 24.5 Å². The number of nitrogens with zero attached hydrogens (tertiary/aromatic N) is 2. The highest BCUT2D eigenvalue weighted by Crippen LogP contribution is 2.28. The molecule has 9 heteroatoms. The molecule has 0 saturated carbocycles. The van der Waals surface area contributed by atoms with Crippen molar-refractivity contribution < 1.29 is 24.4 Å². The third-order valence-corrected chi connectivity index (χ3v) is 4.81. The molecule has 1 unspecified atom stereocenters. The number of hydrogen-bond acceptors (Lipinski definition) is 5. The maximum atomic E-state index is 12.5. The summed E-state index contributed by atoms with van der Waals surface area (Å²) in [6.45, 7) is 0.487. The van der Waals surface area contributed by atoms with E-state index in [-0.39, 0.29) is 36.7 Å². The fourth-order valence-corrected chi connectivity index (χ4v) is 3.29. The van der Waals surface area contributed by atoms with Crippen LogP contribution < -0.4 is 5.32 Å². The van der Waals surface area contributed by atoms with Crippen molar-refractivity contribution in [3.63, 3.8) is 0 Å². The quantitative estimate of drug-likeness (QED) is 0.566. The van der Waals surface area contributed by atoms with Gasteiger partial charge in [0, 0.05) is 43.8 Å². The van der Waals surface area contributed by atoms with Gasteiger partial charge in [0.25, 0.3) is 11.6 Å². The average Bonchev–Trinajstić information content (AvgIpc) is 2.72. The van der Waals surface area contributed by atoms with Crippen LogP contribution in [0.1, 0.15) is 33.8 Å². The zero-order valence-electron chi connectivity index (χ0n) is 15.4. The lowest BCUT2D eigenvalue weighted by molar-refractivity contribution is -0.384. The number of amides is 2. The molecule has 1 atom stereocenters.